The number of amides is 1. The van der Waals surface area contributed by atoms with Crippen LogP contribution in [0.4, 0.5) is 9.18 Å². The molecule has 0 radical (unpaired) electrons. The number of halogens is 1. The number of carbonyl (C=O) groups is 1. The largest absolute Gasteiger partial charge is 0.489 e. The summed E-state index contributed by atoms with van der Waals surface area (Å²) < 4.78 is 24.2. The van der Waals surface area contributed by atoms with E-state index in [0.717, 1.165) is 5.56 Å². The monoisotopic (exact) mass is 315 g/mol. The van der Waals surface area contributed by atoms with Gasteiger partial charge in [-0.3, -0.25) is 0 Å². The Morgan fingerprint density at radius 3 is 2.61 bits per heavy atom. The van der Waals surface area contributed by atoms with Crippen molar-refractivity contribution in [2.75, 3.05) is 6.54 Å². The van der Waals surface area contributed by atoms with Crippen LogP contribution in [0.15, 0.2) is 48.5 Å². The van der Waals surface area contributed by atoms with E-state index in [2.05, 4.69) is 0 Å². The molecule has 1 aliphatic rings. The fraction of sp³-hybridized carbons (Fsp3) is 0.278. The summed E-state index contributed by atoms with van der Waals surface area (Å²) in [6.45, 7) is 3.17. The number of hydrogen-bond acceptors (Lipinski definition) is 3. The maximum absolute atomic E-state index is 13.5. The van der Waals surface area contributed by atoms with Crippen LogP contribution in [0.2, 0.25) is 0 Å². The van der Waals surface area contributed by atoms with Gasteiger partial charge in [0.05, 0.1) is 6.54 Å². The summed E-state index contributed by atoms with van der Waals surface area (Å²) >= 11 is 0. The van der Waals surface area contributed by atoms with Crippen LogP contribution in [0.5, 0.6) is 5.75 Å². The Bertz CT molecular complexity index is 687. The van der Waals surface area contributed by atoms with E-state index in [4.69, 9.17) is 9.47 Å². The maximum Gasteiger partial charge on any atom is 0.410 e. The van der Waals surface area contributed by atoms with Gasteiger partial charge >= 0.3 is 6.09 Å². The van der Waals surface area contributed by atoms with Gasteiger partial charge < -0.3 is 14.4 Å². The van der Waals surface area contributed by atoms with Gasteiger partial charge in [0.15, 0.2) is 0 Å². The Morgan fingerprint density at radius 1 is 1.22 bits per heavy atom. The van der Waals surface area contributed by atoms with Crippen LogP contribution < -0.4 is 4.74 Å². The minimum atomic E-state index is -0.280. The summed E-state index contributed by atoms with van der Waals surface area (Å²) in [6.07, 6.45) is -0.344. The number of cyclic esters (lactones) is 1. The van der Waals surface area contributed by atoms with Crippen molar-refractivity contribution in [3.63, 3.8) is 0 Å². The summed E-state index contributed by atoms with van der Waals surface area (Å²) in [7, 11) is 0. The molecule has 1 unspecified atom stereocenters. The van der Waals surface area contributed by atoms with Gasteiger partial charge in [-0.05, 0) is 30.7 Å². The smallest absolute Gasteiger partial charge is 0.410 e. The molecule has 1 aliphatic heterocycles. The number of rotatable bonds is 5. The van der Waals surface area contributed by atoms with Gasteiger partial charge in [0.1, 0.15) is 24.3 Å². The number of ether oxygens (including phenoxy) is 2. The van der Waals surface area contributed by atoms with Gasteiger partial charge in [-0.15, -0.1) is 0 Å². The summed E-state index contributed by atoms with van der Waals surface area (Å²) in [5.74, 6) is 0.389. The predicted molar refractivity (Wildman–Crippen MR) is 83.5 cm³/mol. The number of nitrogens with zero attached hydrogens (tertiary/aromatic N) is 1. The molecule has 0 aliphatic carbocycles. The maximum atomic E-state index is 13.5. The zero-order chi connectivity index (χ0) is 16.2. The first-order valence-corrected chi connectivity index (χ1v) is 7.52. The second kappa shape index (κ2) is 6.69. The molecule has 1 atom stereocenters. The highest BCUT2D eigenvalue weighted by Crippen LogP contribution is 2.19. The lowest BCUT2D eigenvalue weighted by Gasteiger charge is -2.13. The van der Waals surface area contributed by atoms with Crippen molar-refractivity contribution in [1.82, 2.24) is 4.90 Å². The Balaban J connectivity index is 1.57. The molecule has 0 N–H and O–H groups in total. The van der Waals surface area contributed by atoms with E-state index in [9.17, 15) is 9.18 Å². The van der Waals surface area contributed by atoms with E-state index in [1.807, 2.05) is 31.2 Å². The van der Waals surface area contributed by atoms with Crippen LogP contribution in [-0.4, -0.2) is 23.6 Å². The van der Waals surface area contributed by atoms with E-state index in [0.29, 0.717) is 24.4 Å². The first kappa shape index (κ1) is 15.3. The van der Waals surface area contributed by atoms with Crippen molar-refractivity contribution < 1.29 is 18.7 Å². The molecule has 4 nitrogen and oxygen atoms in total. The molecule has 5 heteroatoms. The van der Waals surface area contributed by atoms with Crippen molar-refractivity contribution in [2.24, 2.45) is 0 Å². The summed E-state index contributed by atoms with van der Waals surface area (Å²) in [6, 6.07) is 14.0. The van der Waals surface area contributed by atoms with Crippen molar-refractivity contribution in [3.8, 4) is 5.75 Å². The fourth-order valence-electron chi connectivity index (χ4n) is 2.49. The molecule has 1 saturated heterocycles. The minimum Gasteiger partial charge on any atom is -0.489 e. The van der Waals surface area contributed by atoms with Crippen molar-refractivity contribution in [2.45, 2.75) is 26.2 Å². The number of carbonyl (C=O) groups excluding carboxylic acids is 1. The zero-order valence-electron chi connectivity index (χ0n) is 12.9. The molecule has 120 valence electrons. The van der Waals surface area contributed by atoms with Crippen LogP contribution in [0.1, 0.15) is 18.1 Å². The Kier molecular flexibility index (Phi) is 4.46. The quantitative estimate of drug-likeness (QED) is 0.843. The SMILES string of the molecule is CC1CN(Cc2ccc(OCc3ccccc3F)cc2)C(=O)O1. The standard InChI is InChI=1S/C18H18FNO3/c1-13-10-20(18(21)23-13)11-14-6-8-16(9-7-14)22-12-15-4-2-3-5-17(15)19/h2-9,13H,10-12H2,1H3. The molecule has 0 bridgehead atoms. The molecule has 1 fully saturated rings. The van der Waals surface area contributed by atoms with Gasteiger partial charge in [-0.2, -0.15) is 0 Å². The summed E-state index contributed by atoms with van der Waals surface area (Å²) in [4.78, 5) is 13.3. The molecular weight excluding hydrogens is 297 g/mol. The fourth-order valence-corrected chi connectivity index (χ4v) is 2.49. The molecule has 1 amide bonds. The van der Waals surface area contributed by atoms with E-state index in [-0.39, 0.29) is 24.6 Å². The van der Waals surface area contributed by atoms with Gasteiger partial charge in [0, 0.05) is 12.1 Å². The summed E-state index contributed by atoms with van der Waals surface area (Å²) in [5, 5.41) is 0. The molecule has 2 aromatic carbocycles. The van der Waals surface area contributed by atoms with Gasteiger partial charge in [-0.1, -0.05) is 30.3 Å². The highest BCUT2D eigenvalue weighted by molar-refractivity contribution is 5.69. The first-order chi connectivity index (χ1) is 11.1. The highest BCUT2D eigenvalue weighted by Gasteiger charge is 2.27. The first-order valence-electron chi connectivity index (χ1n) is 7.52. The molecule has 1 heterocycles. The third-order valence-electron chi connectivity index (χ3n) is 3.69. The lowest BCUT2D eigenvalue weighted by atomic mass is 10.2. The summed E-state index contributed by atoms with van der Waals surface area (Å²) in [5.41, 5.74) is 1.51. The lowest BCUT2D eigenvalue weighted by molar-refractivity contribution is 0.137. The second-order valence-electron chi connectivity index (χ2n) is 5.60. The third-order valence-corrected chi connectivity index (χ3v) is 3.69. The topological polar surface area (TPSA) is 38.8 Å². The molecule has 0 aromatic heterocycles. The van der Waals surface area contributed by atoms with Crippen LogP contribution >= 0.6 is 0 Å². The van der Waals surface area contributed by atoms with Crippen molar-refractivity contribution >= 4 is 6.09 Å². The molecule has 0 saturated carbocycles. The van der Waals surface area contributed by atoms with E-state index in [1.54, 1.807) is 23.1 Å². The normalized spacial score (nSPS) is 17.2. The van der Waals surface area contributed by atoms with Gasteiger partial charge in [0.25, 0.3) is 0 Å². The minimum absolute atomic E-state index is 0.0640. The zero-order valence-corrected chi connectivity index (χ0v) is 12.9. The third kappa shape index (κ3) is 3.80. The van der Waals surface area contributed by atoms with E-state index >= 15 is 0 Å². The van der Waals surface area contributed by atoms with E-state index < -0.39 is 0 Å². The van der Waals surface area contributed by atoms with Crippen LogP contribution in [0, 0.1) is 5.82 Å². The Labute approximate surface area is 134 Å². The average Bonchev–Trinajstić information content (AvgIpc) is 2.85. The highest BCUT2D eigenvalue weighted by atomic mass is 19.1. The van der Waals surface area contributed by atoms with Crippen LogP contribution in [-0.2, 0) is 17.9 Å². The van der Waals surface area contributed by atoms with E-state index in [1.165, 1.54) is 6.07 Å². The van der Waals surface area contributed by atoms with Crippen molar-refractivity contribution in [3.05, 3.63) is 65.5 Å². The lowest BCUT2D eigenvalue weighted by Crippen LogP contribution is -2.24. The number of benzene rings is 2. The average molecular weight is 315 g/mol. The molecule has 0 spiro atoms. The van der Waals surface area contributed by atoms with Crippen molar-refractivity contribution in [1.29, 1.82) is 0 Å². The molecule has 2 aromatic rings. The molecule has 3 rings (SSSR count). The second-order valence-corrected chi connectivity index (χ2v) is 5.60. The molecular formula is C18H18FNO3. The van der Waals surface area contributed by atoms with Crippen LogP contribution in [0.3, 0.4) is 0 Å². The number of hydrogen-bond donors (Lipinski definition) is 0. The van der Waals surface area contributed by atoms with Gasteiger partial charge in [-0.25, -0.2) is 9.18 Å². The Morgan fingerprint density at radius 2 is 1.96 bits per heavy atom. The predicted octanol–water partition coefficient (Wildman–Crippen LogP) is 3.75. The molecule has 23 heavy (non-hydrogen) atoms. The van der Waals surface area contributed by atoms with Gasteiger partial charge in [0.2, 0.25) is 0 Å². The van der Waals surface area contributed by atoms with Crippen LogP contribution in [0.25, 0.3) is 0 Å². The Hall–Kier alpha value is -2.56.